The van der Waals surface area contributed by atoms with Crippen LogP contribution in [0.3, 0.4) is 0 Å². The lowest BCUT2D eigenvalue weighted by atomic mass is 10.1. The molecule has 10 heteroatoms. The lowest BCUT2D eigenvalue weighted by molar-refractivity contribution is 0.0601. The summed E-state index contributed by atoms with van der Waals surface area (Å²) in [5.41, 5.74) is 0.535. The molecule has 0 bridgehead atoms. The molecule has 1 saturated heterocycles. The van der Waals surface area contributed by atoms with Gasteiger partial charge in [0.2, 0.25) is 5.88 Å². The van der Waals surface area contributed by atoms with Crippen molar-refractivity contribution in [1.29, 1.82) is 0 Å². The van der Waals surface area contributed by atoms with E-state index in [1.165, 1.54) is 33.6 Å². The smallest absolute Gasteiger partial charge is 0.340 e. The third-order valence-corrected chi connectivity index (χ3v) is 4.74. The summed E-state index contributed by atoms with van der Waals surface area (Å²) in [4.78, 5) is 33.7. The number of esters is 1. The lowest BCUT2D eigenvalue weighted by Crippen LogP contribution is -2.39. The van der Waals surface area contributed by atoms with E-state index >= 15 is 0 Å². The highest BCUT2D eigenvalue weighted by Crippen LogP contribution is 2.28. The predicted molar refractivity (Wildman–Crippen MR) is 110 cm³/mol. The molecule has 1 amide bonds. The summed E-state index contributed by atoms with van der Waals surface area (Å²) in [7, 11) is 4.16. The molecule has 0 aromatic carbocycles. The van der Waals surface area contributed by atoms with Crippen LogP contribution in [-0.4, -0.2) is 62.3 Å². The topological polar surface area (TPSA) is 124 Å². The van der Waals surface area contributed by atoms with E-state index in [1.807, 2.05) is 0 Å². The monoisotopic (exact) mass is 415 g/mol. The molecule has 0 saturated carbocycles. The van der Waals surface area contributed by atoms with Crippen molar-refractivity contribution in [2.75, 3.05) is 45.1 Å². The fourth-order valence-corrected chi connectivity index (χ4v) is 3.22. The van der Waals surface area contributed by atoms with Gasteiger partial charge < -0.3 is 30.2 Å². The molecule has 2 aromatic heterocycles. The number of hydrogen-bond donors (Lipinski definition) is 3. The molecule has 0 unspecified atom stereocenters. The highest BCUT2D eigenvalue weighted by molar-refractivity contribution is 6.11. The second-order valence-corrected chi connectivity index (χ2v) is 6.64. The first-order valence-corrected chi connectivity index (χ1v) is 9.51. The van der Waals surface area contributed by atoms with E-state index in [9.17, 15) is 9.59 Å². The standard InChI is InChI=1S/C20H25N5O5/c1-28-15-6-8-22-18(24-12-5-4-7-21-10-12)17(15)19(26)25-14-11-23-16(29-2)9-13(14)20(27)30-3/h6,8-9,11-12,21H,4-5,7,10H2,1-3H3,(H,22,24)(H,25,26)/t12-/m1/s1. The van der Waals surface area contributed by atoms with Gasteiger partial charge in [-0.3, -0.25) is 4.79 Å². The van der Waals surface area contributed by atoms with Crippen LogP contribution in [0.4, 0.5) is 11.5 Å². The Balaban J connectivity index is 1.92. The first kappa shape index (κ1) is 21.3. The second kappa shape index (κ2) is 9.88. The molecule has 3 rings (SSSR count). The van der Waals surface area contributed by atoms with Crippen molar-refractivity contribution >= 4 is 23.4 Å². The van der Waals surface area contributed by atoms with Gasteiger partial charge in [0.15, 0.2) is 0 Å². The van der Waals surface area contributed by atoms with E-state index in [4.69, 9.17) is 14.2 Å². The number of pyridine rings is 2. The van der Waals surface area contributed by atoms with Crippen molar-refractivity contribution in [2.24, 2.45) is 0 Å². The number of hydrogen-bond acceptors (Lipinski definition) is 9. The Kier molecular flexibility index (Phi) is 7.02. The van der Waals surface area contributed by atoms with Gasteiger partial charge in [-0.25, -0.2) is 14.8 Å². The summed E-state index contributed by atoms with van der Waals surface area (Å²) >= 11 is 0. The van der Waals surface area contributed by atoms with Gasteiger partial charge in [-0.1, -0.05) is 0 Å². The largest absolute Gasteiger partial charge is 0.496 e. The van der Waals surface area contributed by atoms with Crippen molar-refractivity contribution in [3.8, 4) is 11.6 Å². The number of aromatic nitrogens is 2. The van der Waals surface area contributed by atoms with E-state index in [2.05, 4.69) is 25.9 Å². The summed E-state index contributed by atoms with van der Waals surface area (Å²) in [6.07, 6.45) is 4.90. The maximum Gasteiger partial charge on any atom is 0.340 e. The van der Waals surface area contributed by atoms with Crippen LogP contribution in [0.25, 0.3) is 0 Å². The van der Waals surface area contributed by atoms with E-state index in [1.54, 1.807) is 12.3 Å². The Labute approximate surface area is 174 Å². The summed E-state index contributed by atoms with van der Waals surface area (Å²) in [6, 6.07) is 3.14. The maximum absolute atomic E-state index is 13.2. The number of methoxy groups -OCH3 is 3. The van der Waals surface area contributed by atoms with Crippen LogP contribution in [-0.2, 0) is 4.74 Å². The van der Waals surface area contributed by atoms with E-state index in [0.717, 1.165) is 25.9 Å². The number of piperidine rings is 1. The Morgan fingerprint density at radius 1 is 1.20 bits per heavy atom. The van der Waals surface area contributed by atoms with Crippen LogP contribution in [0, 0.1) is 0 Å². The Bertz CT molecular complexity index is 914. The summed E-state index contributed by atoms with van der Waals surface area (Å²) in [5.74, 6) is -0.143. The predicted octanol–water partition coefficient (Wildman–Crippen LogP) is 1.70. The van der Waals surface area contributed by atoms with Crippen LogP contribution in [0.1, 0.15) is 33.6 Å². The van der Waals surface area contributed by atoms with Crippen molar-refractivity contribution in [2.45, 2.75) is 18.9 Å². The molecule has 10 nitrogen and oxygen atoms in total. The number of ether oxygens (including phenoxy) is 3. The highest BCUT2D eigenvalue weighted by atomic mass is 16.5. The minimum absolute atomic E-state index is 0.117. The molecule has 3 N–H and O–H groups in total. The number of nitrogens with one attached hydrogen (secondary N) is 3. The van der Waals surface area contributed by atoms with Crippen molar-refractivity contribution in [1.82, 2.24) is 15.3 Å². The Hall–Kier alpha value is -3.40. The van der Waals surface area contributed by atoms with Crippen LogP contribution in [0.5, 0.6) is 11.6 Å². The molecule has 30 heavy (non-hydrogen) atoms. The molecule has 0 aliphatic carbocycles. The minimum atomic E-state index is -0.629. The fourth-order valence-electron chi connectivity index (χ4n) is 3.22. The van der Waals surface area contributed by atoms with Gasteiger partial charge in [0, 0.05) is 24.8 Å². The number of anilines is 2. The molecule has 1 aliphatic rings. The van der Waals surface area contributed by atoms with E-state index in [0.29, 0.717) is 11.6 Å². The lowest BCUT2D eigenvalue weighted by Gasteiger charge is -2.25. The molecule has 3 heterocycles. The molecular formula is C20H25N5O5. The quantitative estimate of drug-likeness (QED) is 0.580. The normalized spacial score (nSPS) is 15.8. The number of nitrogens with zero attached hydrogens (tertiary/aromatic N) is 2. The first-order valence-electron chi connectivity index (χ1n) is 9.51. The highest BCUT2D eigenvalue weighted by Gasteiger charge is 2.24. The Morgan fingerprint density at radius 3 is 2.70 bits per heavy atom. The zero-order chi connectivity index (χ0) is 21.5. The molecule has 1 fully saturated rings. The zero-order valence-electron chi connectivity index (χ0n) is 17.2. The van der Waals surface area contributed by atoms with E-state index in [-0.39, 0.29) is 28.7 Å². The SMILES string of the molecule is COC(=O)c1cc(OC)ncc1NC(=O)c1c(OC)ccnc1N[C@@H]1CCCNC1. The third-order valence-electron chi connectivity index (χ3n) is 4.74. The van der Waals surface area contributed by atoms with Crippen molar-refractivity contribution in [3.05, 3.63) is 35.7 Å². The van der Waals surface area contributed by atoms with Gasteiger partial charge >= 0.3 is 5.97 Å². The number of amides is 1. The van der Waals surface area contributed by atoms with Crippen LogP contribution in [0.2, 0.25) is 0 Å². The van der Waals surface area contributed by atoms with Crippen LogP contribution < -0.4 is 25.4 Å². The van der Waals surface area contributed by atoms with E-state index < -0.39 is 11.9 Å². The van der Waals surface area contributed by atoms with Crippen LogP contribution in [0.15, 0.2) is 24.5 Å². The maximum atomic E-state index is 13.2. The van der Waals surface area contributed by atoms with Gasteiger partial charge in [-0.05, 0) is 25.5 Å². The summed E-state index contributed by atoms with van der Waals surface area (Å²) < 4.78 is 15.2. The van der Waals surface area contributed by atoms with Gasteiger partial charge in [0.1, 0.15) is 17.1 Å². The molecule has 1 aliphatic heterocycles. The second-order valence-electron chi connectivity index (χ2n) is 6.64. The molecule has 0 spiro atoms. The molecular weight excluding hydrogens is 390 g/mol. The van der Waals surface area contributed by atoms with Crippen molar-refractivity contribution in [3.63, 3.8) is 0 Å². The van der Waals surface area contributed by atoms with Gasteiger partial charge in [-0.15, -0.1) is 0 Å². The first-order chi connectivity index (χ1) is 14.6. The summed E-state index contributed by atoms with van der Waals surface area (Å²) in [5, 5.41) is 9.34. The molecule has 0 radical (unpaired) electrons. The van der Waals surface area contributed by atoms with Gasteiger partial charge in [-0.2, -0.15) is 0 Å². The molecule has 2 aromatic rings. The molecule has 160 valence electrons. The van der Waals surface area contributed by atoms with Gasteiger partial charge in [0.05, 0.1) is 38.8 Å². The minimum Gasteiger partial charge on any atom is -0.496 e. The van der Waals surface area contributed by atoms with Crippen LogP contribution >= 0.6 is 0 Å². The Morgan fingerprint density at radius 2 is 2.03 bits per heavy atom. The summed E-state index contributed by atoms with van der Waals surface area (Å²) in [6.45, 7) is 1.74. The number of carbonyl (C=O) groups is 2. The molecule has 1 atom stereocenters. The fraction of sp³-hybridized carbons (Fsp3) is 0.400. The van der Waals surface area contributed by atoms with Gasteiger partial charge in [0.25, 0.3) is 5.91 Å². The number of rotatable bonds is 7. The zero-order valence-corrected chi connectivity index (χ0v) is 17.2. The average molecular weight is 415 g/mol. The number of carbonyl (C=O) groups excluding carboxylic acids is 2. The van der Waals surface area contributed by atoms with Crippen molar-refractivity contribution < 1.29 is 23.8 Å². The average Bonchev–Trinajstić information content (AvgIpc) is 2.79. The third kappa shape index (κ3) is 4.77.